The smallest absolute Gasteiger partial charge is 0.241 e. The summed E-state index contributed by atoms with van der Waals surface area (Å²) in [5.41, 5.74) is 5.96. The minimum Gasteiger partial charge on any atom is -0.399 e. The van der Waals surface area contributed by atoms with Gasteiger partial charge in [0, 0.05) is 18.8 Å². The van der Waals surface area contributed by atoms with Gasteiger partial charge in [-0.05, 0) is 25.1 Å². The summed E-state index contributed by atoms with van der Waals surface area (Å²) < 4.78 is 30.0. The molecule has 1 unspecified atom stereocenters. The molecule has 0 saturated carbocycles. The predicted octanol–water partition coefficient (Wildman–Crippen LogP) is 0.290. The molecule has 20 heavy (non-hydrogen) atoms. The number of ether oxygens (including phenoxy) is 1. The Labute approximate surface area is 118 Å². The number of sulfone groups is 1. The van der Waals surface area contributed by atoms with Gasteiger partial charge in [-0.25, -0.2) is 8.42 Å². The van der Waals surface area contributed by atoms with Crippen LogP contribution in [0.5, 0.6) is 0 Å². The fourth-order valence-corrected chi connectivity index (χ4v) is 3.46. The van der Waals surface area contributed by atoms with Crippen LogP contribution in [0.2, 0.25) is 0 Å². The van der Waals surface area contributed by atoms with Crippen molar-refractivity contribution in [2.45, 2.75) is 17.1 Å². The van der Waals surface area contributed by atoms with Crippen molar-refractivity contribution in [2.75, 3.05) is 32.0 Å². The van der Waals surface area contributed by atoms with Crippen LogP contribution in [-0.4, -0.2) is 50.8 Å². The molecule has 0 aromatic heterocycles. The Kier molecular flexibility index (Phi) is 4.29. The van der Waals surface area contributed by atoms with Gasteiger partial charge in [0.1, 0.15) is 5.25 Å². The number of carbonyl (C=O) groups excluding carboxylic acids is 1. The standard InChI is InChI=1S/C13H18N2O4S/c1-10(13(16)15-5-7-19-8-6-15)20(17,18)12-4-2-3-11(14)9-12/h2-4,9-10H,5-8,14H2,1H3. The lowest BCUT2D eigenvalue weighted by molar-refractivity contribution is -0.134. The summed E-state index contributed by atoms with van der Waals surface area (Å²) >= 11 is 0. The van der Waals surface area contributed by atoms with E-state index in [4.69, 9.17) is 10.5 Å². The first-order valence-electron chi connectivity index (χ1n) is 6.39. The predicted molar refractivity (Wildman–Crippen MR) is 74.9 cm³/mol. The normalized spacial score (nSPS) is 17.8. The van der Waals surface area contributed by atoms with E-state index in [0.29, 0.717) is 32.0 Å². The van der Waals surface area contributed by atoms with Crippen LogP contribution in [0.25, 0.3) is 0 Å². The molecule has 1 aliphatic heterocycles. The maximum absolute atomic E-state index is 12.4. The number of hydrogen-bond donors (Lipinski definition) is 1. The second-order valence-electron chi connectivity index (χ2n) is 4.70. The minimum absolute atomic E-state index is 0.0756. The zero-order chi connectivity index (χ0) is 14.8. The van der Waals surface area contributed by atoms with Gasteiger partial charge in [-0.2, -0.15) is 0 Å². The molecule has 1 aromatic carbocycles. The molecule has 1 heterocycles. The van der Waals surface area contributed by atoms with Gasteiger partial charge in [0.15, 0.2) is 9.84 Å². The SMILES string of the molecule is CC(C(=O)N1CCOCC1)S(=O)(=O)c1cccc(N)c1. The number of morpholine rings is 1. The van der Waals surface area contributed by atoms with Crippen molar-refractivity contribution in [1.29, 1.82) is 0 Å². The molecular formula is C13H18N2O4S. The summed E-state index contributed by atoms with van der Waals surface area (Å²) in [5.74, 6) is -0.393. The molecule has 7 heteroatoms. The van der Waals surface area contributed by atoms with E-state index in [-0.39, 0.29) is 4.90 Å². The van der Waals surface area contributed by atoms with Crippen molar-refractivity contribution >= 4 is 21.4 Å². The van der Waals surface area contributed by atoms with Crippen LogP contribution in [0.3, 0.4) is 0 Å². The van der Waals surface area contributed by atoms with Crippen LogP contribution in [0.4, 0.5) is 5.69 Å². The van der Waals surface area contributed by atoms with Gasteiger partial charge in [0.25, 0.3) is 0 Å². The molecule has 0 radical (unpaired) electrons. The molecule has 2 rings (SSSR count). The highest BCUT2D eigenvalue weighted by molar-refractivity contribution is 7.92. The molecule has 1 aromatic rings. The molecule has 1 saturated heterocycles. The number of carbonyl (C=O) groups is 1. The van der Waals surface area contributed by atoms with E-state index in [2.05, 4.69) is 0 Å². The van der Waals surface area contributed by atoms with E-state index in [1.807, 2.05) is 0 Å². The molecule has 1 fully saturated rings. The Bertz CT molecular complexity index is 594. The van der Waals surface area contributed by atoms with Gasteiger partial charge in [0.2, 0.25) is 5.91 Å². The van der Waals surface area contributed by atoms with E-state index >= 15 is 0 Å². The van der Waals surface area contributed by atoms with Gasteiger partial charge < -0.3 is 15.4 Å². The molecule has 2 N–H and O–H groups in total. The highest BCUT2D eigenvalue weighted by Crippen LogP contribution is 2.20. The molecular weight excluding hydrogens is 280 g/mol. The summed E-state index contributed by atoms with van der Waals surface area (Å²) in [5, 5.41) is -1.12. The monoisotopic (exact) mass is 298 g/mol. The molecule has 1 atom stereocenters. The number of hydrogen-bond acceptors (Lipinski definition) is 5. The largest absolute Gasteiger partial charge is 0.399 e. The number of rotatable bonds is 3. The first kappa shape index (κ1) is 14.8. The first-order valence-corrected chi connectivity index (χ1v) is 7.93. The highest BCUT2D eigenvalue weighted by atomic mass is 32.2. The molecule has 110 valence electrons. The summed E-state index contributed by atoms with van der Waals surface area (Å²) in [4.78, 5) is 13.9. The van der Waals surface area contributed by atoms with Crippen molar-refractivity contribution in [2.24, 2.45) is 0 Å². The van der Waals surface area contributed by atoms with E-state index < -0.39 is 21.0 Å². The second kappa shape index (κ2) is 5.80. The molecule has 0 aliphatic carbocycles. The summed E-state index contributed by atoms with van der Waals surface area (Å²) in [6, 6.07) is 5.99. The average molecular weight is 298 g/mol. The third-order valence-electron chi connectivity index (χ3n) is 3.32. The Hall–Kier alpha value is -1.60. The number of nitrogen functional groups attached to an aromatic ring is 1. The summed E-state index contributed by atoms with van der Waals surface area (Å²) in [7, 11) is -3.72. The fourth-order valence-electron chi connectivity index (χ4n) is 2.07. The zero-order valence-corrected chi connectivity index (χ0v) is 12.1. The molecule has 1 amide bonds. The van der Waals surface area contributed by atoms with Crippen molar-refractivity contribution in [1.82, 2.24) is 4.90 Å². The van der Waals surface area contributed by atoms with Crippen LogP contribution in [0.15, 0.2) is 29.2 Å². The third-order valence-corrected chi connectivity index (χ3v) is 5.37. The van der Waals surface area contributed by atoms with Gasteiger partial charge >= 0.3 is 0 Å². The Morgan fingerprint density at radius 2 is 2.00 bits per heavy atom. The lowest BCUT2D eigenvalue weighted by atomic mass is 10.3. The molecule has 0 bridgehead atoms. The maximum atomic E-state index is 12.4. The van der Waals surface area contributed by atoms with E-state index in [9.17, 15) is 13.2 Å². The fraction of sp³-hybridized carbons (Fsp3) is 0.462. The van der Waals surface area contributed by atoms with Gasteiger partial charge in [0.05, 0.1) is 18.1 Å². The van der Waals surface area contributed by atoms with Crippen LogP contribution in [0, 0.1) is 0 Å². The number of amides is 1. The lowest BCUT2D eigenvalue weighted by Crippen LogP contribution is -2.47. The molecule has 0 spiro atoms. The summed E-state index contributed by atoms with van der Waals surface area (Å²) in [6.07, 6.45) is 0. The number of benzene rings is 1. The van der Waals surface area contributed by atoms with Crippen LogP contribution >= 0.6 is 0 Å². The topological polar surface area (TPSA) is 89.7 Å². The van der Waals surface area contributed by atoms with Gasteiger partial charge in [-0.1, -0.05) is 6.07 Å². The van der Waals surface area contributed by atoms with E-state index in [1.54, 1.807) is 12.1 Å². The molecule has 6 nitrogen and oxygen atoms in total. The van der Waals surface area contributed by atoms with Crippen molar-refractivity contribution in [3.8, 4) is 0 Å². The van der Waals surface area contributed by atoms with Crippen LogP contribution < -0.4 is 5.73 Å². The first-order chi connectivity index (χ1) is 9.43. The van der Waals surface area contributed by atoms with Crippen molar-refractivity contribution in [3.63, 3.8) is 0 Å². The van der Waals surface area contributed by atoms with E-state index in [1.165, 1.54) is 24.0 Å². The zero-order valence-electron chi connectivity index (χ0n) is 11.3. The average Bonchev–Trinajstić information content (AvgIpc) is 2.46. The quantitative estimate of drug-likeness (QED) is 0.810. The number of anilines is 1. The third kappa shape index (κ3) is 2.94. The molecule has 1 aliphatic rings. The number of nitrogens with two attached hydrogens (primary N) is 1. The van der Waals surface area contributed by atoms with Gasteiger partial charge in [-0.3, -0.25) is 4.79 Å². The van der Waals surface area contributed by atoms with Crippen molar-refractivity contribution < 1.29 is 17.9 Å². The maximum Gasteiger partial charge on any atom is 0.241 e. The Morgan fingerprint density at radius 1 is 1.35 bits per heavy atom. The lowest BCUT2D eigenvalue weighted by Gasteiger charge is -2.29. The summed E-state index contributed by atoms with van der Waals surface area (Å²) in [6.45, 7) is 3.15. The van der Waals surface area contributed by atoms with Crippen molar-refractivity contribution in [3.05, 3.63) is 24.3 Å². The van der Waals surface area contributed by atoms with Gasteiger partial charge in [-0.15, -0.1) is 0 Å². The Balaban J connectivity index is 2.22. The highest BCUT2D eigenvalue weighted by Gasteiger charge is 2.33. The van der Waals surface area contributed by atoms with Crippen LogP contribution in [-0.2, 0) is 19.4 Å². The number of nitrogens with zero attached hydrogens (tertiary/aromatic N) is 1. The van der Waals surface area contributed by atoms with Crippen LogP contribution in [0.1, 0.15) is 6.92 Å². The second-order valence-corrected chi connectivity index (χ2v) is 6.97. The minimum atomic E-state index is -3.72. The van der Waals surface area contributed by atoms with E-state index in [0.717, 1.165) is 0 Å². The Morgan fingerprint density at radius 3 is 2.60 bits per heavy atom.